The third kappa shape index (κ3) is 6.53. The quantitative estimate of drug-likeness (QED) is 0.338. The molecule has 0 saturated heterocycles. The summed E-state index contributed by atoms with van der Waals surface area (Å²) in [6, 6.07) is 6.22. The second kappa shape index (κ2) is 11.7. The lowest BCUT2D eigenvalue weighted by molar-refractivity contribution is 0.297. The Morgan fingerprint density at radius 3 is 2.31 bits per heavy atom. The van der Waals surface area contributed by atoms with Crippen LogP contribution in [0.3, 0.4) is 0 Å². The van der Waals surface area contributed by atoms with Crippen LogP contribution in [0.5, 0.6) is 5.75 Å². The first-order chi connectivity index (χ1) is 14.2. The third-order valence-corrected chi connectivity index (χ3v) is 6.74. The second-order valence-electron chi connectivity index (χ2n) is 8.39. The highest BCUT2D eigenvalue weighted by molar-refractivity contribution is 9.10. The fourth-order valence-corrected chi connectivity index (χ4v) is 4.71. The van der Waals surface area contributed by atoms with Gasteiger partial charge in [-0.1, -0.05) is 52.0 Å². The molecule has 0 spiro atoms. The van der Waals surface area contributed by atoms with Crippen LogP contribution in [0, 0.1) is 5.92 Å². The minimum Gasteiger partial charge on any atom is -0.492 e. The third-order valence-electron chi connectivity index (χ3n) is 6.12. The van der Waals surface area contributed by atoms with Gasteiger partial charge < -0.3 is 4.74 Å². The van der Waals surface area contributed by atoms with E-state index in [2.05, 4.69) is 41.9 Å². The van der Waals surface area contributed by atoms with Crippen LogP contribution in [0.25, 0.3) is 11.1 Å². The molecule has 1 aromatic carbocycles. The second-order valence-corrected chi connectivity index (χ2v) is 9.24. The minimum absolute atomic E-state index is 0.535. The van der Waals surface area contributed by atoms with Gasteiger partial charge in [0.15, 0.2) is 0 Å². The zero-order valence-electron chi connectivity index (χ0n) is 18.0. The fourth-order valence-electron chi connectivity index (χ4n) is 4.21. The number of ether oxygens (including phenoxy) is 1. The van der Waals surface area contributed by atoms with Gasteiger partial charge in [-0.05, 0) is 71.6 Å². The summed E-state index contributed by atoms with van der Waals surface area (Å²) in [6.07, 6.45) is 16.8. The summed E-state index contributed by atoms with van der Waals surface area (Å²) in [5, 5.41) is 0. The van der Waals surface area contributed by atoms with Crippen LogP contribution in [0.4, 0.5) is 0 Å². The number of hydrogen-bond acceptors (Lipinski definition) is 3. The molecule has 0 bridgehead atoms. The molecule has 0 N–H and O–H groups in total. The van der Waals surface area contributed by atoms with Gasteiger partial charge in [-0.25, -0.2) is 9.97 Å². The lowest BCUT2D eigenvalue weighted by Gasteiger charge is -2.27. The average Bonchev–Trinajstić information content (AvgIpc) is 2.76. The Labute approximate surface area is 184 Å². The Hall–Kier alpha value is -1.42. The molecule has 1 aliphatic rings. The Morgan fingerprint density at radius 2 is 1.66 bits per heavy atom. The number of benzene rings is 1. The van der Waals surface area contributed by atoms with Gasteiger partial charge >= 0.3 is 0 Å². The largest absolute Gasteiger partial charge is 0.492 e. The highest BCUT2D eigenvalue weighted by Crippen LogP contribution is 2.37. The van der Waals surface area contributed by atoms with Gasteiger partial charge in [0.05, 0.1) is 11.1 Å². The smallest absolute Gasteiger partial charge is 0.133 e. The van der Waals surface area contributed by atoms with Crippen molar-refractivity contribution in [2.45, 2.75) is 84.0 Å². The van der Waals surface area contributed by atoms with Gasteiger partial charge in [-0.15, -0.1) is 0 Å². The van der Waals surface area contributed by atoms with Crippen LogP contribution < -0.4 is 4.74 Å². The molecule has 4 heteroatoms. The van der Waals surface area contributed by atoms with Gasteiger partial charge in [-0.3, -0.25) is 0 Å². The van der Waals surface area contributed by atoms with Crippen molar-refractivity contribution >= 4 is 15.9 Å². The SMILES string of the molecule is CCCCCC1CCC(c2ncc(-c3ccc(OCCCC)c(Br)c3)cn2)CC1. The van der Waals surface area contributed by atoms with Gasteiger partial charge in [0.1, 0.15) is 11.6 Å². The molecule has 0 aliphatic heterocycles. The Kier molecular flexibility index (Phi) is 8.97. The lowest BCUT2D eigenvalue weighted by Crippen LogP contribution is -2.15. The molecule has 1 aromatic heterocycles. The van der Waals surface area contributed by atoms with E-state index in [1.165, 1.54) is 51.4 Å². The summed E-state index contributed by atoms with van der Waals surface area (Å²) in [4.78, 5) is 9.47. The molecule has 1 saturated carbocycles. The van der Waals surface area contributed by atoms with Gasteiger partial charge in [0.25, 0.3) is 0 Å². The molecule has 0 radical (unpaired) electrons. The number of rotatable bonds is 10. The zero-order valence-corrected chi connectivity index (χ0v) is 19.6. The van der Waals surface area contributed by atoms with E-state index in [0.29, 0.717) is 5.92 Å². The van der Waals surface area contributed by atoms with E-state index in [1.54, 1.807) is 0 Å². The van der Waals surface area contributed by atoms with Crippen molar-refractivity contribution in [2.24, 2.45) is 5.92 Å². The molecule has 0 unspecified atom stereocenters. The van der Waals surface area contributed by atoms with Crippen molar-refractivity contribution in [3.63, 3.8) is 0 Å². The molecule has 1 heterocycles. The van der Waals surface area contributed by atoms with Crippen LogP contribution in [-0.4, -0.2) is 16.6 Å². The summed E-state index contributed by atoms with van der Waals surface area (Å²) < 4.78 is 6.81. The van der Waals surface area contributed by atoms with E-state index in [1.807, 2.05) is 18.5 Å². The van der Waals surface area contributed by atoms with Gasteiger partial charge in [0.2, 0.25) is 0 Å². The molecular formula is C25H35BrN2O. The van der Waals surface area contributed by atoms with E-state index in [9.17, 15) is 0 Å². The summed E-state index contributed by atoms with van der Waals surface area (Å²) in [5.74, 6) is 3.38. The number of hydrogen-bond donors (Lipinski definition) is 0. The monoisotopic (exact) mass is 458 g/mol. The maximum absolute atomic E-state index is 5.83. The fraction of sp³-hybridized carbons (Fsp3) is 0.600. The molecule has 158 valence electrons. The van der Waals surface area contributed by atoms with Gasteiger partial charge in [0, 0.05) is 23.9 Å². The standard InChI is InChI=1S/C25H35BrN2O/c1-3-5-7-8-19-9-11-20(12-10-19)25-27-17-22(18-28-25)21-13-14-24(23(26)16-21)29-15-6-4-2/h13-14,16-20H,3-12,15H2,1-2H3. The van der Waals surface area contributed by atoms with Crippen LogP contribution in [0.1, 0.15) is 89.8 Å². The highest BCUT2D eigenvalue weighted by Gasteiger charge is 2.23. The van der Waals surface area contributed by atoms with Crippen molar-refractivity contribution in [3.8, 4) is 16.9 Å². The predicted octanol–water partition coefficient (Wildman–Crippen LogP) is 7.94. The van der Waals surface area contributed by atoms with Crippen molar-refractivity contribution in [3.05, 3.63) is 40.9 Å². The van der Waals surface area contributed by atoms with Crippen LogP contribution >= 0.6 is 15.9 Å². The summed E-state index contributed by atoms with van der Waals surface area (Å²) in [7, 11) is 0. The first kappa shape index (κ1) is 22.3. The molecular weight excluding hydrogens is 424 g/mol. The maximum atomic E-state index is 5.83. The lowest BCUT2D eigenvalue weighted by atomic mass is 9.79. The topological polar surface area (TPSA) is 35.0 Å². The van der Waals surface area contributed by atoms with Crippen LogP contribution in [-0.2, 0) is 0 Å². The minimum atomic E-state index is 0.535. The Bertz CT molecular complexity index is 739. The summed E-state index contributed by atoms with van der Waals surface area (Å²) in [5.41, 5.74) is 2.17. The molecule has 0 atom stereocenters. The molecule has 2 aromatic rings. The van der Waals surface area contributed by atoms with E-state index >= 15 is 0 Å². The number of aromatic nitrogens is 2. The van der Waals surface area contributed by atoms with Crippen molar-refractivity contribution < 1.29 is 4.74 Å². The molecule has 3 nitrogen and oxygen atoms in total. The van der Waals surface area contributed by atoms with Crippen molar-refractivity contribution in [2.75, 3.05) is 6.61 Å². The van der Waals surface area contributed by atoms with Crippen molar-refractivity contribution in [1.82, 2.24) is 9.97 Å². The first-order valence-corrected chi connectivity index (χ1v) is 12.2. The van der Waals surface area contributed by atoms with Crippen molar-refractivity contribution in [1.29, 1.82) is 0 Å². The molecule has 1 aliphatic carbocycles. The van der Waals surface area contributed by atoms with E-state index in [4.69, 9.17) is 14.7 Å². The molecule has 0 amide bonds. The number of halogens is 1. The number of nitrogens with zero attached hydrogens (tertiary/aromatic N) is 2. The molecule has 29 heavy (non-hydrogen) atoms. The average molecular weight is 459 g/mol. The summed E-state index contributed by atoms with van der Waals surface area (Å²) in [6.45, 7) is 5.21. The van der Waals surface area contributed by atoms with E-state index in [-0.39, 0.29) is 0 Å². The highest BCUT2D eigenvalue weighted by atomic mass is 79.9. The normalized spacial score (nSPS) is 19.3. The van der Waals surface area contributed by atoms with Crippen LogP contribution in [0.15, 0.2) is 35.1 Å². The Balaban J connectivity index is 1.56. The maximum Gasteiger partial charge on any atom is 0.133 e. The Morgan fingerprint density at radius 1 is 0.931 bits per heavy atom. The van der Waals surface area contributed by atoms with E-state index < -0.39 is 0 Å². The van der Waals surface area contributed by atoms with E-state index in [0.717, 1.165) is 52.5 Å². The number of unbranched alkanes of at least 4 members (excludes halogenated alkanes) is 3. The first-order valence-electron chi connectivity index (χ1n) is 11.5. The summed E-state index contributed by atoms with van der Waals surface area (Å²) >= 11 is 3.64. The molecule has 1 fully saturated rings. The van der Waals surface area contributed by atoms with Gasteiger partial charge in [-0.2, -0.15) is 0 Å². The predicted molar refractivity (Wildman–Crippen MR) is 124 cm³/mol. The van der Waals surface area contributed by atoms with Crippen LogP contribution in [0.2, 0.25) is 0 Å². The molecule has 3 rings (SSSR count). The zero-order chi connectivity index (χ0) is 20.5.